The first kappa shape index (κ1) is 39.6. The molecule has 0 aliphatic heterocycles. The summed E-state index contributed by atoms with van der Waals surface area (Å²) < 4.78 is 24.0. The zero-order valence-electron chi connectivity index (χ0n) is 33.0. The minimum atomic E-state index is -1.05. The quantitative estimate of drug-likeness (QED) is 0.0336. The smallest absolute Gasteiger partial charge is 0.328 e. The molecule has 0 unspecified atom stereocenters. The fourth-order valence-corrected chi connectivity index (χ4v) is 7.21. The lowest BCUT2D eigenvalue weighted by Gasteiger charge is -2.18. The molecule has 0 aliphatic rings. The maximum absolute atomic E-state index is 14.6. The van der Waals surface area contributed by atoms with Gasteiger partial charge in [0.15, 0.2) is 11.5 Å². The van der Waals surface area contributed by atoms with E-state index in [0.29, 0.717) is 5.56 Å². The molecule has 4 aromatic carbocycles. The Morgan fingerprint density at radius 3 is 1.76 bits per heavy atom. The Kier molecular flexibility index (Phi) is 11.2. The van der Waals surface area contributed by atoms with Gasteiger partial charge in [-0.1, -0.05) is 59.7 Å². The van der Waals surface area contributed by atoms with Crippen molar-refractivity contribution in [1.82, 2.24) is 9.97 Å². The van der Waals surface area contributed by atoms with Gasteiger partial charge in [0, 0.05) is 70.3 Å². The number of fused-ring (bicyclic) bond motifs is 4. The van der Waals surface area contributed by atoms with Crippen LogP contribution in [0.3, 0.4) is 0 Å². The number of carbonyl (C=O) groups is 2. The van der Waals surface area contributed by atoms with E-state index in [4.69, 9.17) is 30.1 Å². The van der Waals surface area contributed by atoms with E-state index >= 15 is 0 Å². The van der Waals surface area contributed by atoms with Crippen molar-refractivity contribution in [3.05, 3.63) is 129 Å². The van der Waals surface area contributed by atoms with Crippen LogP contribution < -0.4 is 31.1 Å². The minimum absolute atomic E-state index is 0.00617. The second kappa shape index (κ2) is 16.5. The molecule has 0 aliphatic carbocycles. The average Bonchev–Trinajstić information content (AvgIpc) is 3.80. The number of ether oxygens (including phenoxy) is 3. The number of H-pyrrole nitrogens is 2. The number of benzene rings is 4. The number of esters is 2. The topological polar surface area (TPSA) is 196 Å². The van der Waals surface area contributed by atoms with Crippen molar-refractivity contribution in [2.75, 3.05) is 7.11 Å². The molecule has 0 bridgehead atoms. The van der Waals surface area contributed by atoms with Crippen molar-refractivity contribution in [1.29, 1.82) is 0 Å². The molecule has 3 heterocycles. The largest absolute Gasteiger partial charge is 0.507 e. The number of aromatic hydroxyl groups is 1. The average molecular weight is 783 g/mol. The Morgan fingerprint density at radius 2 is 1.22 bits per heavy atom. The number of hydrogen-bond acceptors (Lipinski definition) is 10. The van der Waals surface area contributed by atoms with Crippen molar-refractivity contribution >= 4 is 55.7 Å². The predicted octanol–water partition coefficient (Wildman–Crippen LogP) is 7.59. The molecule has 12 nitrogen and oxygen atoms in total. The standard InChI is InChI=1S/C46H46N4O8/c1-24(2)14-16-30-36(57-45(53)32(47)18-26-22-49-34-12-8-6-10-28(26)34)20-38-41(42(30)51)43(52)40-31(17-15-25(3)4)44(55-5)39(21-37(40)56-38)58-46(54)33(48)19-27-23-50-35-13-9-7-11-29(27)35/h6-15,20-23,32-33,49-51H,16-19,47-48H2,1-5H3/t32-,33-/m0/s1. The first-order valence-corrected chi connectivity index (χ1v) is 19.0. The van der Waals surface area contributed by atoms with Gasteiger partial charge in [-0.15, -0.1) is 0 Å². The van der Waals surface area contributed by atoms with Crippen molar-refractivity contribution in [2.45, 2.75) is 65.5 Å². The summed E-state index contributed by atoms with van der Waals surface area (Å²) in [6.07, 6.45) is 8.11. The minimum Gasteiger partial charge on any atom is -0.507 e. The highest BCUT2D eigenvalue weighted by Crippen LogP contribution is 2.42. The second-order valence-electron chi connectivity index (χ2n) is 14.9. The third-order valence-corrected chi connectivity index (χ3v) is 10.2. The number of rotatable bonds is 13. The lowest BCUT2D eigenvalue weighted by atomic mass is 9.98. The summed E-state index contributed by atoms with van der Waals surface area (Å²) in [7, 11) is 1.41. The molecule has 3 aromatic heterocycles. The summed E-state index contributed by atoms with van der Waals surface area (Å²) >= 11 is 0. The van der Waals surface area contributed by atoms with Gasteiger partial charge in [-0.25, -0.2) is 9.59 Å². The van der Waals surface area contributed by atoms with E-state index in [1.165, 1.54) is 19.2 Å². The normalized spacial score (nSPS) is 12.5. The predicted molar refractivity (Wildman–Crippen MR) is 226 cm³/mol. The number of hydrogen-bond donors (Lipinski definition) is 5. The second-order valence-corrected chi connectivity index (χ2v) is 14.9. The number of phenols is 1. The van der Waals surface area contributed by atoms with Gasteiger partial charge in [-0.2, -0.15) is 0 Å². The van der Waals surface area contributed by atoms with Gasteiger partial charge in [-0.3, -0.25) is 4.79 Å². The third kappa shape index (κ3) is 7.84. The van der Waals surface area contributed by atoms with Gasteiger partial charge >= 0.3 is 11.9 Å². The molecule has 7 N–H and O–H groups in total. The highest BCUT2D eigenvalue weighted by Gasteiger charge is 2.28. The molecule has 0 saturated heterocycles. The molecule has 0 saturated carbocycles. The first-order chi connectivity index (χ1) is 27.8. The molecular formula is C46H46N4O8. The highest BCUT2D eigenvalue weighted by molar-refractivity contribution is 5.99. The van der Waals surface area contributed by atoms with Crippen LogP contribution in [0.5, 0.6) is 23.0 Å². The Morgan fingerprint density at radius 1 is 0.741 bits per heavy atom. The maximum atomic E-state index is 14.6. The van der Waals surface area contributed by atoms with E-state index < -0.39 is 35.2 Å². The molecule has 7 rings (SSSR count). The first-order valence-electron chi connectivity index (χ1n) is 19.0. The van der Waals surface area contributed by atoms with Gasteiger partial charge in [0.1, 0.15) is 40.1 Å². The maximum Gasteiger partial charge on any atom is 0.328 e. The van der Waals surface area contributed by atoms with Gasteiger partial charge in [0.2, 0.25) is 5.43 Å². The van der Waals surface area contributed by atoms with E-state index in [-0.39, 0.29) is 70.4 Å². The summed E-state index contributed by atoms with van der Waals surface area (Å²) in [5, 5.41) is 13.8. The Balaban J connectivity index is 1.30. The number of aromatic nitrogens is 2. The van der Waals surface area contributed by atoms with Gasteiger partial charge < -0.3 is 45.2 Å². The van der Waals surface area contributed by atoms with Crippen LogP contribution in [-0.4, -0.2) is 46.2 Å². The van der Waals surface area contributed by atoms with Crippen LogP contribution in [0, 0.1) is 0 Å². The van der Waals surface area contributed by atoms with Gasteiger partial charge in [0.05, 0.1) is 12.5 Å². The van der Waals surface area contributed by atoms with Crippen LogP contribution in [-0.2, 0) is 35.3 Å². The third-order valence-electron chi connectivity index (χ3n) is 10.2. The zero-order valence-corrected chi connectivity index (χ0v) is 33.0. The van der Waals surface area contributed by atoms with Crippen LogP contribution in [0.4, 0.5) is 0 Å². The lowest BCUT2D eigenvalue weighted by Crippen LogP contribution is -2.36. The SMILES string of the molecule is COc1c(OC(=O)[C@@H](N)Cc2c[nH]c3ccccc23)cc2oc3cc(OC(=O)[C@@H](N)Cc4c[nH]c5ccccc45)c(CC=C(C)C)c(O)c3c(=O)c2c1CC=C(C)C. The molecule has 0 radical (unpaired) electrons. The fourth-order valence-electron chi connectivity index (χ4n) is 7.21. The fraction of sp³-hybridized carbons (Fsp3) is 0.239. The van der Waals surface area contributed by atoms with E-state index in [0.717, 1.165) is 44.1 Å². The lowest BCUT2D eigenvalue weighted by molar-refractivity contribution is -0.136. The van der Waals surface area contributed by atoms with Crippen molar-refractivity contribution in [3.8, 4) is 23.0 Å². The summed E-state index contributed by atoms with van der Waals surface area (Å²) in [4.78, 5) is 48.1. The van der Waals surface area contributed by atoms with E-state index in [9.17, 15) is 19.5 Å². The number of methoxy groups -OCH3 is 1. The van der Waals surface area contributed by atoms with Crippen molar-refractivity contribution in [3.63, 3.8) is 0 Å². The Hall–Kier alpha value is -6.63. The molecule has 7 aromatic rings. The highest BCUT2D eigenvalue weighted by atomic mass is 16.6. The van der Waals surface area contributed by atoms with Crippen LogP contribution >= 0.6 is 0 Å². The van der Waals surface area contributed by atoms with Crippen LogP contribution in [0.15, 0.2) is 106 Å². The van der Waals surface area contributed by atoms with E-state index in [1.807, 2.05) is 101 Å². The Bertz CT molecular complexity index is 2830. The monoisotopic (exact) mass is 782 g/mol. The number of nitrogens with two attached hydrogens (primary N) is 2. The zero-order chi connectivity index (χ0) is 41.2. The molecular weight excluding hydrogens is 737 g/mol. The van der Waals surface area contributed by atoms with Crippen LogP contribution in [0.2, 0.25) is 0 Å². The molecule has 0 fully saturated rings. The van der Waals surface area contributed by atoms with Crippen LogP contribution in [0.1, 0.15) is 49.9 Å². The van der Waals surface area contributed by atoms with E-state index in [1.54, 1.807) is 0 Å². The van der Waals surface area contributed by atoms with Crippen molar-refractivity contribution < 1.29 is 33.3 Å². The number of para-hydroxylation sites is 2. The van der Waals surface area contributed by atoms with Crippen LogP contribution in [0.25, 0.3) is 43.7 Å². The van der Waals surface area contributed by atoms with Gasteiger partial charge in [0.25, 0.3) is 0 Å². The Labute approximate surface area is 334 Å². The molecule has 58 heavy (non-hydrogen) atoms. The summed E-state index contributed by atoms with van der Waals surface area (Å²) in [6, 6.07) is 16.1. The number of nitrogens with one attached hydrogen (secondary N) is 2. The number of aromatic amines is 2. The molecule has 0 spiro atoms. The molecule has 2 atom stereocenters. The number of carbonyl (C=O) groups excluding carboxylic acids is 2. The number of allylic oxidation sites excluding steroid dienone is 4. The molecule has 0 amide bonds. The van der Waals surface area contributed by atoms with Crippen molar-refractivity contribution in [2.24, 2.45) is 11.5 Å². The van der Waals surface area contributed by atoms with E-state index in [2.05, 4.69) is 9.97 Å². The summed E-state index contributed by atoms with van der Waals surface area (Å²) in [5.74, 6) is -1.74. The van der Waals surface area contributed by atoms with Gasteiger partial charge in [-0.05, 0) is 63.8 Å². The number of phenolic OH excluding ortho intramolecular Hbond substituents is 1. The summed E-state index contributed by atoms with van der Waals surface area (Å²) in [6.45, 7) is 7.61. The summed E-state index contributed by atoms with van der Waals surface area (Å²) in [5.41, 5.74) is 18.3. The molecule has 12 heteroatoms. The molecule has 298 valence electrons.